The highest BCUT2D eigenvalue weighted by atomic mass is 16.2. The number of nitrogens with zero attached hydrogens (tertiary/aromatic N) is 4. The number of nitrogens with one attached hydrogen (secondary N) is 2. The Kier molecular flexibility index (Phi) is 7.00. The number of carbonyl (C=O) groups excluding carboxylic acids is 2. The van der Waals surface area contributed by atoms with E-state index >= 15 is 0 Å². The standard InChI is InChI=1S/C16H22N6O2.C6H6/c1-10-4-5-21(8-10)13-6-12(7-18-11(2)23)15-19-14(16(24)17-3)20-22(15)9-13;1-2-4-6-5-3-1/h6,9-10H,4-5,7-8H2,1-3H3,(H,17,24)(H,18,23);1-6H. The molecule has 8 nitrogen and oxygen atoms in total. The average molecular weight is 409 g/mol. The van der Waals surface area contributed by atoms with E-state index < -0.39 is 0 Å². The Labute approximate surface area is 176 Å². The topological polar surface area (TPSA) is 91.6 Å². The lowest BCUT2D eigenvalue weighted by Gasteiger charge is -2.19. The van der Waals surface area contributed by atoms with Crippen molar-refractivity contribution in [3.8, 4) is 0 Å². The van der Waals surface area contributed by atoms with Crippen molar-refractivity contribution in [2.45, 2.75) is 26.8 Å². The first-order valence-corrected chi connectivity index (χ1v) is 10.1. The van der Waals surface area contributed by atoms with Gasteiger partial charge in [-0.1, -0.05) is 43.3 Å². The Morgan fingerprint density at radius 2 is 1.83 bits per heavy atom. The molecule has 0 radical (unpaired) electrons. The monoisotopic (exact) mass is 408 g/mol. The number of amides is 2. The highest BCUT2D eigenvalue weighted by molar-refractivity contribution is 5.90. The molecule has 0 spiro atoms. The van der Waals surface area contributed by atoms with E-state index in [1.807, 2.05) is 48.7 Å². The number of hydrogen-bond acceptors (Lipinski definition) is 5. The van der Waals surface area contributed by atoms with Crippen LogP contribution in [0, 0.1) is 5.92 Å². The molecule has 2 N–H and O–H groups in total. The van der Waals surface area contributed by atoms with Crippen molar-refractivity contribution < 1.29 is 9.59 Å². The summed E-state index contributed by atoms with van der Waals surface area (Å²) in [4.78, 5) is 29.7. The zero-order chi connectivity index (χ0) is 21.5. The molecule has 0 aliphatic carbocycles. The summed E-state index contributed by atoms with van der Waals surface area (Å²) in [6, 6.07) is 14.0. The van der Waals surface area contributed by atoms with E-state index in [0.717, 1.165) is 30.8 Å². The minimum atomic E-state index is -0.333. The third-order valence-corrected chi connectivity index (χ3v) is 4.91. The van der Waals surface area contributed by atoms with Crippen LogP contribution in [0.5, 0.6) is 0 Å². The predicted molar refractivity (Wildman–Crippen MR) is 116 cm³/mol. The van der Waals surface area contributed by atoms with Gasteiger partial charge in [0.1, 0.15) is 0 Å². The van der Waals surface area contributed by atoms with Gasteiger partial charge >= 0.3 is 0 Å². The first-order valence-electron chi connectivity index (χ1n) is 10.1. The van der Waals surface area contributed by atoms with Crippen molar-refractivity contribution >= 4 is 23.1 Å². The molecule has 0 saturated carbocycles. The van der Waals surface area contributed by atoms with E-state index in [-0.39, 0.29) is 17.6 Å². The number of rotatable bonds is 4. The van der Waals surface area contributed by atoms with Crippen molar-refractivity contribution in [3.05, 3.63) is 60.0 Å². The number of pyridine rings is 1. The quantitative estimate of drug-likeness (QED) is 0.691. The van der Waals surface area contributed by atoms with Gasteiger partial charge in [-0.3, -0.25) is 9.59 Å². The zero-order valence-electron chi connectivity index (χ0n) is 17.6. The van der Waals surface area contributed by atoms with Crippen LogP contribution in [-0.2, 0) is 11.3 Å². The molecule has 1 unspecified atom stereocenters. The van der Waals surface area contributed by atoms with Gasteiger partial charge < -0.3 is 15.5 Å². The third kappa shape index (κ3) is 5.34. The zero-order valence-corrected chi connectivity index (χ0v) is 17.6. The molecule has 1 aromatic carbocycles. The molecule has 3 heterocycles. The second-order valence-corrected chi connectivity index (χ2v) is 7.41. The molecule has 3 aromatic rings. The van der Waals surface area contributed by atoms with Crippen LogP contribution >= 0.6 is 0 Å². The van der Waals surface area contributed by atoms with Crippen LogP contribution in [0.1, 0.15) is 36.5 Å². The van der Waals surface area contributed by atoms with E-state index in [9.17, 15) is 9.59 Å². The molecule has 1 aliphatic rings. The number of hydrogen-bond donors (Lipinski definition) is 2. The van der Waals surface area contributed by atoms with E-state index in [2.05, 4.69) is 32.5 Å². The van der Waals surface area contributed by atoms with Gasteiger partial charge in [-0.05, 0) is 18.4 Å². The average Bonchev–Trinajstić information content (AvgIpc) is 3.39. The highest BCUT2D eigenvalue weighted by Gasteiger charge is 2.22. The van der Waals surface area contributed by atoms with Gasteiger partial charge in [-0.15, -0.1) is 5.10 Å². The van der Waals surface area contributed by atoms with E-state index in [1.165, 1.54) is 6.92 Å². The van der Waals surface area contributed by atoms with E-state index in [1.54, 1.807) is 11.6 Å². The Balaban J connectivity index is 0.000000367. The number of benzene rings is 1. The molecule has 0 bridgehead atoms. The summed E-state index contributed by atoms with van der Waals surface area (Å²) in [6.07, 6.45) is 3.05. The first-order chi connectivity index (χ1) is 14.5. The second kappa shape index (κ2) is 9.87. The van der Waals surface area contributed by atoms with Crippen molar-refractivity contribution in [3.63, 3.8) is 0 Å². The summed E-state index contributed by atoms with van der Waals surface area (Å²) < 4.78 is 1.63. The van der Waals surface area contributed by atoms with E-state index in [4.69, 9.17) is 0 Å². The highest BCUT2D eigenvalue weighted by Crippen LogP contribution is 2.25. The lowest BCUT2D eigenvalue weighted by atomic mass is 10.2. The molecule has 1 fully saturated rings. The maximum Gasteiger partial charge on any atom is 0.290 e. The van der Waals surface area contributed by atoms with Crippen molar-refractivity contribution in [1.82, 2.24) is 25.2 Å². The molecule has 4 rings (SSSR count). The second-order valence-electron chi connectivity index (χ2n) is 7.41. The molecule has 1 atom stereocenters. The van der Waals surface area contributed by atoms with Gasteiger partial charge in [0.2, 0.25) is 11.7 Å². The largest absolute Gasteiger partial charge is 0.370 e. The Hall–Kier alpha value is -3.42. The van der Waals surface area contributed by atoms with Gasteiger partial charge in [-0.2, -0.15) is 0 Å². The molecule has 1 aliphatic heterocycles. The lowest BCUT2D eigenvalue weighted by Crippen LogP contribution is -2.22. The van der Waals surface area contributed by atoms with Crippen LogP contribution in [0.25, 0.3) is 5.65 Å². The molecule has 2 amide bonds. The van der Waals surface area contributed by atoms with Gasteiger partial charge in [0.15, 0.2) is 5.65 Å². The summed E-state index contributed by atoms with van der Waals surface area (Å²) in [6.45, 7) is 6.03. The molecule has 1 saturated heterocycles. The smallest absolute Gasteiger partial charge is 0.290 e. The number of fused-ring (bicyclic) bond motifs is 1. The predicted octanol–water partition coefficient (Wildman–Crippen LogP) is 2.26. The summed E-state index contributed by atoms with van der Waals surface area (Å²) in [7, 11) is 1.54. The maximum absolute atomic E-state index is 11.8. The number of anilines is 1. The summed E-state index contributed by atoms with van der Waals surface area (Å²) in [5.74, 6) is 0.324. The van der Waals surface area contributed by atoms with Crippen molar-refractivity contribution in [2.75, 3.05) is 25.0 Å². The van der Waals surface area contributed by atoms with Crippen molar-refractivity contribution in [2.24, 2.45) is 5.92 Å². The fourth-order valence-corrected chi connectivity index (χ4v) is 3.32. The van der Waals surface area contributed by atoms with Gasteiger partial charge in [0, 0.05) is 39.2 Å². The molecular weight excluding hydrogens is 380 g/mol. The molecule has 8 heteroatoms. The molecule has 30 heavy (non-hydrogen) atoms. The normalized spacial score (nSPS) is 15.4. The van der Waals surface area contributed by atoms with E-state index in [0.29, 0.717) is 18.1 Å². The van der Waals surface area contributed by atoms with Crippen molar-refractivity contribution in [1.29, 1.82) is 0 Å². The lowest BCUT2D eigenvalue weighted by molar-refractivity contribution is -0.119. The van der Waals surface area contributed by atoms with Crippen LogP contribution in [0.2, 0.25) is 0 Å². The fourth-order valence-electron chi connectivity index (χ4n) is 3.32. The first kappa shape index (κ1) is 21.3. The van der Waals surface area contributed by atoms with Crippen LogP contribution < -0.4 is 15.5 Å². The number of aromatic nitrogens is 3. The van der Waals surface area contributed by atoms with Gasteiger partial charge in [0.05, 0.1) is 11.9 Å². The third-order valence-electron chi connectivity index (χ3n) is 4.91. The Morgan fingerprint density at radius 3 is 2.37 bits per heavy atom. The van der Waals surface area contributed by atoms with Crippen LogP contribution in [0.3, 0.4) is 0 Å². The Morgan fingerprint density at radius 1 is 1.17 bits per heavy atom. The summed E-state index contributed by atoms with van der Waals surface area (Å²) >= 11 is 0. The van der Waals surface area contributed by atoms with Crippen LogP contribution in [0.15, 0.2) is 48.7 Å². The summed E-state index contributed by atoms with van der Waals surface area (Å²) in [5, 5.41) is 9.60. The van der Waals surface area contributed by atoms with Crippen LogP contribution in [-0.4, -0.2) is 46.5 Å². The van der Waals surface area contributed by atoms with Crippen LogP contribution in [0.4, 0.5) is 5.69 Å². The number of carbonyl (C=O) groups is 2. The molecule has 158 valence electrons. The summed E-state index contributed by atoms with van der Waals surface area (Å²) in [5.41, 5.74) is 2.45. The van der Waals surface area contributed by atoms with Gasteiger partial charge in [-0.25, -0.2) is 9.50 Å². The molecular formula is C22H28N6O2. The van der Waals surface area contributed by atoms with Gasteiger partial charge in [0.25, 0.3) is 5.91 Å². The molecule has 2 aromatic heterocycles. The fraction of sp³-hybridized carbons (Fsp3) is 0.364. The minimum absolute atomic E-state index is 0.112. The Bertz CT molecular complexity index is 975. The maximum atomic E-state index is 11.8. The SMILES string of the molecule is CNC(=O)c1nc2c(CNC(C)=O)cc(N3CCC(C)C3)cn2n1.c1ccccc1. The minimum Gasteiger partial charge on any atom is -0.370 e.